The van der Waals surface area contributed by atoms with Crippen LogP contribution in [0.4, 0.5) is 0 Å². The first kappa shape index (κ1) is 11.8. The second-order valence-electron chi connectivity index (χ2n) is 5.39. The van der Waals surface area contributed by atoms with E-state index in [1.54, 1.807) is 0 Å². The van der Waals surface area contributed by atoms with Crippen LogP contribution in [0.3, 0.4) is 0 Å². The molecule has 0 saturated heterocycles. The fraction of sp³-hybridized carbons (Fsp3) is 0.500. The maximum absolute atomic E-state index is 6.49. The van der Waals surface area contributed by atoms with Gasteiger partial charge in [0.1, 0.15) is 0 Å². The summed E-state index contributed by atoms with van der Waals surface area (Å²) >= 11 is 0. The zero-order valence-corrected chi connectivity index (χ0v) is 10.8. The molecule has 1 aliphatic heterocycles. The van der Waals surface area contributed by atoms with Gasteiger partial charge in [0.2, 0.25) is 0 Å². The van der Waals surface area contributed by atoms with E-state index in [0.29, 0.717) is 5.92 Å². The predicted molar refractivity (Wildman–Crippen MR) is 73.4 cm³/mol. The van der Waals surface area contributed by atoms with Gasteiger partial charge in [-0.2, -0.15) is 0 Å². The summed E-state index contributed by atoms with van der Waals surface area (Å²) in [5.41, 5.74) is 10.7. The Bertz CT molecular complexity index is 452. The Morgan fingerprint density at radius 2 is 2.06 bits per heavy atom. The lowest BCUT2D eigenvalue weighted by Crippen LogP contribution is -2.33. The van der Waals surface area contributed by atoms with E-state index >= 15 is 0 Å². The quantitative estimate of drug-likeness (QED) is 0.866. The van der Waals surface area contributed by atoms with Crippen molar-refractivity contribution in [1.82, 2.24) is 0 Å². The first-order valence-electron chi connectivity index (χ1n) is 7.00. The van der Waals surface area contributed by atoms with Gasteiger partial charge in [0.15, 0.2) is 0 Å². The minimum absolute atomic E-state index is 0.131. The third kappa shape index (κ3) is 2.17. The standard InChI is InChI=1S/C16H21NO/c17-16(13-7-4-10-18-11-13)15-9-3-6-12-5-1-2-8-14(12)15/h1-2,5,8,11,15-16H,3-4,6-7,9-10,17H2. The van der Waals surface area contributed by atoms with Crippen LogP contribution in [0, 0.1) is 0 Å². The topological polar surface area (TPSA) is 35.2 Å². The summed E-state index contributed by atoms with van der Waals surface area (Å²) in [5.74, 6) is 0.475. The Morgan fingerprint density at radius 3 is 2.89 bits per heavy atom. The molecule has 1 aliphatic carbocycles. The van der Waals surface area contributed by atoms with E-state index in [-0.39, 0.29) is 6.04 Å². The van der Waals surface area contributed by atoms with Crippen LogP contribution in [0.15, 0.2) is 36.1 Å². The zero-order chi connectivity index (χ0) is 12.4. The zero-order valence-electron chi connectivity index (χ0n) is 10.8. The molecule has 2 N–H and O–H groups in total. The van der Waals surface area contributed by atoms with Gasteiger partial charge >= 0.3 is 0 Å². The van der Waals surface area contributed by atoms with Gasteiger partial charge in [-0.1, -0.05) is 24.3 Å². The molecule has 0 bridgehead atoms. The fourth-order valence-electron chi connectivity index (χ4n) is 3.25. The van der Waals surface area contributed by atoms with Crippen LogP contribution < -0.4 is 5.73 Å². The highest BCUT2D eigenvalue weighted by Gasteiger charge is 2.28. The molecule has 2 atom stereocenters. The van der Waals surface area contributed by atoms with Gasteiger partial charge in [0, 0.05) is 12.0 Å². The van der Waals surface area contributed by atoms with Crippen LogP contribution in [-0.4, -0.2) is 12.6 Å². The lowest BCUT2D eigenvalue weighted by molar-refractivity contribution is 0.219. The molecule has 18 heavy (non-hydrogen) atoms. The van der Waals surface area contributed by atoms with Crippen molar-refractivity contribution in [2.24, 2.45) is 5.73 Å². The lowest BCUT2D eigenvalue weighted by Gasteiger charge is -2.32. The molecule has 0 radical (unpaired) electrons. The van der Waals surface area contributed by atoms with Gasteiger partial charge in [0.05, 0.1) is 12.9 Å². The van der Waals surface area contributed by atoms with E-state index in [2.05, 4.69) is 24.3 Å². The van der Waals surface area contributed by atoms with Gasteiger partial charge in [-0.3, -0.25) is 0 Å². The molecule has 1 aromatic rings. The first-order valence-corrected chi connectivity index (χ1v) is 7.00. The molecular formula is C16H21NO. The van der Waals surface area contributed by atoms with Crippen LogP contribution in [0.2, 0.25) is 0 Å². The number of rotatable bonds is 2. The SMILES string of the molecule is NC(C1=COCCC1)C1CCCc2ccccc21. The van der Waals surface area contributed by atoms with E-state index in [1.165, 1.54) is 36.0 Å². The second-order valence-corrected chi connectivity index (χ2v) is 5.39. The minimum Gasteiger partial charge on any atom is -0.501 e. The third-order valence-corrected chi connectivity index (χ3v) is 4.24. The van der Waals surface area contributed by atoms with E-state index < -0.39 is 0 Å². The van der Waals surface area contributed by atoms with E-state index in [1.807, 2.05) is 6.26 Å². The summed E-state index contributed by atoms with van der Waals surface area (Å²) in [6.45, 7) is 0.845. The summed E-state index contributed by atoms with van der Waals surface area (Å²) in [6, 6.07) is 8.90. The molecule has 2 unspecified atom stereocenters. The number of hydrogen-bond donors (Lipinski definition) is 1. The van der Waals surface area contributed by atoms with Gasteiger partial charge in [-0.25, -0.2) is 0 Å². The van der Waals surface area contributed by atoms with E-state index in [4.69, 9.17) is 10.5 Å². The molecule has 0 saturated carbocycles. The van der Waals surface area contributed by atoms with Crippen molar-refractivity contribution < 1.29 is 4.74 Å². The molecule has 1 heterocycles. The Labute approximate surface area is 109 Å². The number of fused-ring (bicyclic) bond motifs is 1. The number of aryl methyl sites for hydroxylation is 1. The maximum Gasteiger partial charge on any atom is 0.0876 e. The van der Waals surface area contributed by atoms with Crippen molar-refractivity contribution >= 4 is 0 Å². The predicted octanol–water partition coefficient (Wildman–Crippen LogP) is 3.13. The molecule has 2 nitrogen and oxygen atoms in total. The molecule has 2 aliphatic rings. The average Bonchev–Trinajstić information content (AvgIpc) is 2.47. The van der Waals surface area contributed by atoms with Gasteiger partial charge < -0.3 is 10.5 Å². The van der Waals surface area contributed by atoms with Crippen LogP contribution in [-0.2, 0) is 11.2 Å². The molecule has 96 valence electrons. The summed E-state index contributed by atoms with van der Waals surface area (Å²) in [7, 11) is 0. The molecule has 2 heteroatoms. The van der Waals surface area contributed by atoms with Crippen molar-refractivity contribution in [2.45, 2.75) is 44.1 Å². The highest BCUT2D eigenvalue weighted by molar-refractivity contribution is 5.35. The largest absolute Gasteiger partial charge is 0.501 e. The molecule has 0 aromatic heterocycles. The van der Waals surface area contributed by atoms with Gasteiger partial charge in [-0.05, 0) is 48.8 Å². The van der Waals surface area contributed by atoms with E-state index in [0.717, 1.165) is 19.4 Å². The van der Waals surface area contributed by atoms with Gasteiger partial charge in [-0.15, -0.1) is 0 Å². The first-order chi connectivity index (χ1) is 8.86. The Balaban J connectivity index is 1.86. The smallest absolute Gasteiger partial charge is 0.0876 e. The Morgan fingerprint density at radius 1 is 1.17 bits per heavy atom. The summed E-state index contributed by atoms with van der Waals surface area (Å²) < 4.78 is 5.44. The molecule has 0 fully saturated rings. The number of hydrogen-bond acceptors (Lipinski definition) is 2. The monoisotopic (exact) mass is 243 g/mol. The molecule has 1 aromatic carbocycles. The second kappa shape index (κ2) is 5.15. The highest BCUT2D eigenvalue weighted by Crippen LogP contribution is 2.36. The summed E-state index contributed by atoms with van der Waals surface area (Å²) in [6.07, 6.45) is 7.77. The molecule has 0 amide bonds. The Hall–Kier alpha value is -1.28. The van der Waals surface area contributed by atoms with Crippen molar-refractivity contribution in [3.05, 3.63) is 47.2 Å². The third-order valence-electron chi connectivity index (χ3n) is 4.24. The average molecular weight is 243 g/mol. The lowest BCUT2D eigenvalue weighted by atomic mass is 9.76. The van der Waals surface area contributed by atoms with Crippen molar-refractivity contribution in [3.63, 3.8) is 0 Å². The molecule has 0 spiro atoms. The number of benzene rings is 1. The summed E-state index contributed by atoms with van der Waals surface area (Å²) in [4.78, 5) is 0. The highest BCUT2D eigenvalue weighted by atomic mass is 16.5. The number of ether oxygens (including phenoxy) is 1. The fourth-order valence-corrected chi connectivity index (χ4v) is 3.25. The van der Waals surface area contributed by atoms with Crippen molar-refractivity contribution in [3.8, 4) is 0 Å². The minimum atomic E-state index is 0.131. The van der Waals surface area contributed by atoms with Gasteiger partial charge in [0.25, 0.3) is 0 Å². The van der Waals surface area contributed by atoms with Crippen LogP contribution in [0.25, 0.3) is 0 Å². The van der Waals surface area contributed by atoms with Crippen LogP contribution in [0.1, 0.15) is 42.7 Å². The Kier molecular flexibility index (Phi) is 3.37. The maximum atomic E-state index is 6.49. The number of nitrogens with two attached hydrogens (primary N) is 1. The van der Waals surface area contributed by atoms with Crippen LogP contribution >= 0.6 is 0 Å². The van der Waals surface area contributed by atoms with Crippen molar-refractivity contribution in [1.29, 1.82) is 0 Å². The normalized spacial score (nSPS) is 24.7. The van der Waals surface area contributed by atoms with E-state index in [9.17, 15) is 0 Å². The van der Waals surface area contributed by atoms with Crippen LogP contribution in [0.5, 0.6) is 0 Å². The summed E-state index contributed by atoms with van der Waals surface area (Å²) in [5, 5.41) is 0. The molecule has 3 rings (SSSR count). The molecular weight excluding hydrogens is 222 g/mol. The van der Waals surface area contributed by atoms with Crippen molar-refractivity contribution in [2.75, 3.05) is 6.61 Å².